The van der Waals surface area contributed by atoms with E-state index in [2.05, 4.69) is 4.90 Å². The quantitative estimate of drug-likeness (QED) is 0.457. The second kappa shape index (κ2) is 9.29. The molecule has 2 aromatic carbocycles. The molecule has 10 heteroatoms. The summed E-state index contributed by atoms with van der Waals surface area (Å²) in [6.07, 6.45) is 0. The van der Waals surface area contributed by atoms with Gasteiger partial charge in [0, 0.05) is 49.0 Å². The van der Waals surface area contributed by atoms with Gasteiger partial charge in [0.2, 0.25) is 0 Å². The summed E-state index contributed by atoms with van der Waals surface area (Å²) in [6.45, 7) is 5.60. The van der Waals surface area contributed by atoms with Crippen molar-refractivity contribution in [3.05, 3.63) is 60.6 Å². The number of nitro benzene ring substituents is 1. The molecule has 0 unspecified atom stereocenters. The van der Waals surface area contributed by atoms with Crippen LogP contribution in [0.5, 0.6) is 5.75 Å². The molecule has 2 aromatic rings. The number of nitro groups is 1. The number of benzene rings is 2. The Balaban J connectivity index is 1.58. The van der Waals surface area contributed by atoms with Gasteiger partial charge >= 0.3 is 0 Å². The van der Waals surface area contributed by atoms with E-state index in [4.69, 9.17) is 39.5 Å². The third-order valence-electron chi connectivity index (χ3n) is 5.11. The molecular formula is C20H20Cl3N3O4. The largest absolute Gasteiger partial charge is 0.481 e. The normalized spacial score (nSPS) is 14.0. The number of hydrogen-bond acceptors (Lipinski definition) is 5. The number of piperazine rings is 1. The maximum Gasteiger partial charge on any atom is 0.269 e. The van der Waals surface area contributed by atoms with E-state index in [1.807, 2.05) is 0 Å². The average Bonchev–Trinajstić information content (AvgIpc) is 2.76. The van der Waals surface area contributed by atoms with Gasteiger partial charge in [0.25, 0.3) is 11.6 Å². The minimum Gasteiger partial charge on any atom is -0.481 e. The number of rotatable bonds is 5. The predicted molar refractivity (Wildman–Crippen MR) is 118 cm³/mol. The molecule has 0 radical (unpaired) electrons. The van der Waals surface area contributed by atoms with Crippen LogP contribution in [0.15, 0.2) is 24.3 Å². The Kier molecular flexibility index (Phi) is 6.95. The summed E-state index contributed by atoms with van der Waals surface area (Å²) in [7, 11) is 0. The van der Waals surface area contributed by atoms with Crippen LogP contribution in [0.1, 0.15) is 11.1 Å². The molecule has 0 aromatic heterocycles. The van der Waals surface area contributed by atoms with Gasteiger partial charge < -0.3 is 14.5 Å². The molecule has 1 heterocycles. The highest BCUT2D eigenvalue weighted by Crippen LogP contribution is 2.42. The second-order valence-corrected chi connectivity index (χ2v) is 8.08. The molecule has 160 valence electrons. The first-order valence-electron chi connectivity index (χ1n) is 9.24. The van der Waals surface area contributed by atoms with Crippen LogP contribution in [0.4, 0.5) is 11.4 Å². The topological polar surface area (TPSA) is 75.9 Å². The van der Waals surface area contributed by atoms with Gasteiger partial charge in [-0.25, -0.2) is 0 Å². The summed E-state index contributed by atoms with van der Waals surface area (Å²) in [5, 5.41) is 11.9. The number of hydrogen-bond donors (Lipinski definition) is 0. The lowest BCUT2D eigenvalue weighted by atomic mass is 10.1. The molecule has 7 nitrogen and oxygen atoms in total. The average molecular weight is 473 g/mol. The zero-order valence-corrected chi connectivity index (χ0v) is 18.7. The van der Waals surface area contributed by atoms with Gasteiger partial charge in [-0.3, -0.25) is 14.9 Å². The maximum atomic E-state index is 12.6. The number of nitrogens with zero attached hydrogens (tertiary/aromatic N) is 3. The van der Waals surface area contributed by atoms with Crippen molar-refractivity contribution in [3.63, 3.8) is 0 Å². The van der Waals surface area contributed by atoms with Gasteiger partial charge in [-0.2, -0.15) is 0 Å². The van der Waals surface area contributed by atoms with E-state index in [1.165, 1.54) is 12.1 Å². The van der Waals surface area contributed by atoms with Crippen LogP contribution in [0.2, 0.25) is 15.1 Å². The van der Waals surface area contributed by atoms with Crippen LogP contribution in [-0.2, 0) is 4.79 Å². The summed E-state index contributed by atoms with van der Waals surface area (Å²) in [5.74, 6) is 0.0892. The Morgan fingerprint density at radius 1 is 1.00 bits per heavy atom. The highest BCUT2D eigenvalue weighted by Gasteiger charge is 2.24. The molecule has 0 N–H and O–H groups in total. The molecule has 0 aliphatic carbocycles. The summed E-state index contributed by atoms with van der Waals surface area (Å²) < 4.78 is 5.66. The van der Waals surface area contributed by atoms with E-state index in [1.54, 1.807) is 30.9 Å². The van der Waals surface area contributed by atoms with Crippen molar-refractivity contribution in [2.75, 3.05) is 37.7 Å². The summed E-state index contributed by atoms with van der Waals surface area (Å²) in [4.78, 5) is 26.7. The highest BCUT2D eigenvalue weighted by molar-refractivity contribution is 6.42. The molecule has 1 fully saturated rings. The van der Waals surface area contributed by atoms with E-state index in [-0.39, 0.29) is 24.0 Å². The lowest BCUT2D eigenvalue weighted by Gasteiger charge is -2.36. The summed E-state index contributed by atoms with van der Waals surface area (Å²) in [5.41, 5.74) is 2.24. The number of halogens is 3. The van der Waals surface area contributed by atoms with E-state index in [9.17, 15) is 14.9 Å². The fraction of sp³-hybridized carbons (Fsp3) is 0.350. The molecule has 1 aliphatic heterocycles. The van der Waals surface area contributed by atoms with Gasteiger partial charge in [0.15, 0.2) is 12.4 Å². The first-order chi connectivity index (χ1) is 14.2. The Labute approximate surface area is 189 Å². The number of amides is 1. The molecule has 0 saturated carbocycles. The SMILES string of the molecule is Cc1c(Cl)c(C)c(Cl)c(OCC(=O)N2CCN(c3ccc([N+](=O)[O-])cc3)CC2)c1Cl. The lowest BCUT2D eigenvalue weighted by molar-refractivity contribution is -0.384. The van der Waals surface area contributed by atoms with Gasteiger partial charge in [-0.15, -0.1) is 0 Å². The van der Waals surface area contributed by atoms with Gasteiger partial charge in [0.05, 0.1) is 15.0 Å². The van der Waals surface area contributed by atoms with Crippen molar-refractivity contribution < 1.29 is 14.5 Å². The fourth-order valence-corrected chi connectivity index (χ4v) is 4.08. The Hall–Kier alpha value is -2.22. The molecule has 0 spiro atoms. The van der Waals surface area contributed by atoms with Gasteiger partial charge in [0.1, 0.15) is 0 Å². The monoisotopic (exact) mass is 471 g/mol. The van der Waals surface area contributed by atoms with E-state index < -0.39 is 4.92 Å². The van der Waals surface area contributed by atoms with Crippen molar-refractivity contribution in [3.8, 4) is 5.75 Å². The molecule has 3 rings (SSSR count). The number of carbonyl (C=O) groups is 1. The molecular weight excluding hydrogens is 453 g/mol. The van der Waals surface area contributed by atoms with Gasteiger partial charge in [-0.05, 0) is 37.1 Å². The molecule has 0 atom stereocenters. The number of ether oxygens (including phenoxy) is 1. The number of carbonyl (C=O) groups excluding carboxylic acids is 1. The lowest BCUT2D eigenvalue weighted by Crippen LogP contribution is -2.50. The maximum absolute atomic E-state index is 12.6. The fourth-order valence-electron chi connectivity index (χ4n) is 3.26. The summed E-state index contributed by atoms with van der Waals surface area (Å²) in [6, 6.07) is 6.39. The third-order valence-corrected chi connectivity index (χ3v) is 6.59. The standard InChI is InChI=1S/C20H20Cl3N3O4/c1-12-17(21)13(2)19(23)20(18(12)22)30-11-16(27)25-9-7-24(8-10-25)14-3-5-15(6-4-14)26(28)29/h3-6H,7-11H2,1-2H3. The minimum absolute atomic E-state index is 0.0507. The first kappa shape index (κ1) is 22.5. The van der Waals surface area contributed by atoms with Crippen molar-refractivity contribution in [2.24, 2.45) is 0 Å². The molecule has 0 bridgehead atoms. The Bertz CT molecular complexity index is 945. The molecule has 1 amide bonds. The summed E-state index contributed by atoms with van der Waals surface area (Å²) >= 11 is 18.8. The molecule has 30 heavy (non-hydrogen) atoms. The van der Waals surface area contributed by atoms with E-state index in [0.29, 0.717) is 52.4 Å². The van der Waals surface area contributed by atoms with E-state index in [0.717, 1.165) is 5.69 Å². The minimum atomic E-state index is -0.428. The number of non-ortho nitro benzene ring substituents is 1. The highest BCUT2D eigenvalue weighted by atomic mass is 35.5. The van der Waals surface area contributed by atoms with E-state index >= 15 is 0 Å². The van der Waals surface area contributed by atoms with Crippen LogP contribution in [0, 0.1) is 24.0 Å². The van der Waals surface area contributed by atoms with Crippen molar-refractivity contribution in [1.29, 1.82) is 0 Å². The van der Waals surface area contributed by atoms with Crippen LogP contribution < -0.4 is 9.64 Å². The van der Waals surface area contributed by atoms with Crippen LogP contribution in [0.3, 0.4) is 0 Å². The Morgan fingerprint density at radius 2 is 1.53 bits per heavy atom. The predicted octanol–water partition coefficient (Wildman–Crippen LogP) is 4.90. The third kappa shape index (κ3) is 4.58. The molecule has 1 aliphatic rings. The second-order valence-electron chi connectivity index (χ2n) is 6.95. The van der Waals surface area contributed by atoms with Crippen molar-refractivity contribution in [2.45, 2.75) is 13.8 Å². The van der Waals surface area contributed by atoms with Crippen LogP contribution in [-0.4, -0.2) is 48.5 Å². The van der Waals surface area contributed by atoms with Crippen LogP contribution in [0.25, 0.3) is 0 Å². The molecule has 1 saturated heterocycles. The Morgan fingerprint density at radius 3 is 2.03 bits per heavy atom. The first-order valence-corrected chi connectivity index (χ1v) is 10.4. The van der Waals surface area contributed by atoms with Crippen LogP contribution >= 0.6 is 34.8 Å². The van der Waals surface area contributed by atoms with Crippen molar-refractivity contribution in [1.82, 2.24) is 4.90 Å². The number of anilines is 1. The zero-order valence-electron chi connectivity index (χ0n) is 16.5. The van der Waals surface area contributed by atoms with Gasteiger partial charge in [-0.1, -0.05) is 34.8 Å². The van der Waals surface area contributed by atoms with Crippen molar-refractivity contribution >= 4 is 52.1 Å². The zero-order chi connectivity index (χ0) is 22.0. The smallest absolute Gasteiger partial charge is 0.269 e.